The fourth-order valence-electron chi connectivity index (χ4n) is 2.90. The molecule has 0 fully saturated rings. The first kappa shape index (κ1) is 18.9. The van der Waals surface area contributed by atoms with Crippen molar-refractivity contribution in [2.75, 3.05) is 5.32 Å². The van der Waals surface area contributed by atoms with E-state index in [-0.39, 0.29) is 17.5 Å². The van der Waals surface area contributed by atoms with E-state index in [1.807, 2.05) is 63.6 Å². The zero-order valence-corrected chi connectivity index (χ0v) is 16.8. The Morgan fingerprint density at radius 3 is 2.52 bits per heavy atom. The van der Waals surface area contributed by atoms with E-state index in [9.17, 15) is 4.79 Å². The number of carbonyl (C=O) groups excluding carboxylic acids is 1. The summed E-state index contributed by atoms with van der Waals surface area (Å²) >= 11 is 0. The Kier molecular flexibility index (Phi) is 4.91. The van der Waals surface area contributed by atoms with E-state index in [0.29, 0.717) is 17.2 Å². The van der Waals surface area contributed by atoms with Crippen LogP contribution in [0.5, 0.6) is 0 Å². The van der Waals surface area contributed by atoms with Gasteiger partial charge >= 0.3 is 0 Å². The molecule has 6 heteroatoms. The van der Waals surface area contributed by atoms with Crippen molar-refractivity contribution >= 4 is 28.4 Å². The lowest BCUT2D eigenvalue weighted by molar-refractivity contribution is 0.0938. The van der Waals surface area contributed by atoms with Crippen molar-refractivity contribution in [3.05, 3.63) is 47.7 Å². The Hall–Kier alpha value is -2.89. The molecular formula is C21H27N5O. The van der Waals surface area contributed by atoms with Crippen LogP contribution in [0.4, 0.5) is 11.5 Å². The maximum atomic E-state index is 12.6. The molecule has 1 amide bonds. The summed E-state index contributed by atoms with van der Waals surface area (Å²) in [4.78, 5) is 17.4. The molecule has 0 saturated carbocycles. The van der Waals surface area contributed by atoms with Crippen molar-refractivity contribution in [1.82, 2.24) is 20.1 Å². The van der Waals surface area contributed by atoms with Gasteiger partial charge in [-0.15, -0.1) is 0 Å². The van der Waals surface area contributed by atoms with Crippen LogP contribution in [0.25, 0.3) is 11.0 Å². The molecule has 0 spiro atoms. The zero-order chi connectivity index (χ0) is 19.8. The third-order valence-corrected chi connectivity index (χ3v) is 4.09. The molecule has 142 valence electrons. The van der Waals surface area contributed by atoms with E-state index in [1.54, 1.807) is 0 Å². The molecule has 0 atom stereocenters. The first-order chi connectivity index (χ1) is 12.6. The smallest absolute Gasteiger partial charge is 0.272 e. The van der Waals surface area contributed by atoms with Crippen LogP contribution in [-0.4, -0.2) is 26.7 Å². The predicted octanol–water partition coefficient (Wildman–Crippen LogP) is 4.38. The van der Waals surface area contributed by atoms with Crippen LogP contribution < -0.4 is 10.6 Å². The van der Waals surface area contributed by atoms with Crippen LogP contribution in [0.15, 0.2) is 36.4 Å². The van der Waals surface area contributed by atoms with Gasteiger partial charge in [-0.05, 0) is 71.4 Å². The third kappa shape index (κ3) is 4.10. The largest absolute Gasteiger partial charge is 0.348 e. The number of nitrogens with zero attached hydrogens (tertiary/aromatic N) is 3. The molecule has 0 radical (unpaired) electrons. The molecule has 0 aliphatic heterocycles. The summed E-state index contributed by atoms with van der Waals surface area (Å²) in [5.41, 5.74) is 2.94. The van der Waals surface area contributed by atoms with E-state index < -0.39 is 0 Å². The summed E-state index contributed by atoms with van der Waals surface area (Å²) in [5, 5.41) is 11.6. The number of hydrogen-bond donors (Lipinski definition) is 2. The Labute approximate surface area is 160 Å². The molecular weight excluding hydrogens is 338 g/mol. The Bertz CT molecular complexity index is 982. The molecule has 3 rings (SSSR count). The highest BCUT2D eigenvalue weighted by Gasteiger charge is 2.25. The number of pyridine rings is 1. The highest BCUT2D eigenvalue weighted by atomic mass is 16.2. The van der Waals surface area contributed by atoms with Gasteiger partial charge in [0.25, 0.3) is 5.91 Å². The Morgan fingerprint density at radius 1 is 1.15 bits per heavy atom. The highest BCUT2D eigenvalue weighted by molar-refractivity contribution is 6.04. The number of fused-ring (bicyclic) bond motifs is 1. The van der Waals surface area contributed by atoms with Gasteiger partial charge < -0.3 is 10.6 Å². The normalized spacial score (nSPS) is 11.8. The summed E-state index contributed by atoms with van der Waals surface area (Å²) in [6.07, 6.45) is 0. The minimum absolute atomic E-state index is 0.0440. The highest BCUT2D eigenvalue weighted by Crippen LogP contribution is 2.26. The maximum absolute atomic E-state index is 12.6. The van der Waals surface area contributed by atoms with Crippen LogP contribution in [-0.2, 0) is 5.54 Å². The van der Waals surface area contributed by atoms with Gasteiger partial charge in [0.15, 0.2) is 11.3 Å². The van der Waals surface area contributed by atoms with Crippen LogP contribution in [0.2, 0.25) is 0 Å². The number of benzene rings is 1. The minimum atomic E-state index is -0.302. The van der Waals surface area contributed by atoms with Gasteiger partial charge in [0.05, 0.1) is 10.9 Å². The number of amides is 1. The summed E-state index contributed by atoms with van der Waals surface area (Å²) in [5.74, 6) is 0.536. The fraction of sp³-hybridized carbons (Fsp3) is 0.381. The van der Waals surface area contributed by atoms with Gasteiger partial charge in [-0.2, -0.15) is 5.10 Å². The lowest BCUT2D eigenvalue weighted by Gasteiger charge is -2.20. The molecule has 0 saturated heterocycles. The number of nitrogens with one attached hydrogen (secondary N) is 2. The van der Waals surface area contributed by atoms with Crippen LogP contribution >= 0.6 is 0 Å². The van der Waals surface area contributed by atoms with E-state index in [0.717, 1.165) is 11.1 Å². The van der Waals surface area contributed by atoms with Crippen molar-refractivity contribution in [2.24, 2.45) is 0 Å². The van der Waals surface area contributed by atoms with Crippen molar-refractivity contribution in [2.45, 2.75) is 53.1 Å². The second-order valence-corrected chi connectivity index (χ2v) is 8.12. The standard InChI is InChI=1S/C21H27N5O/c1-13(2)22-20(27)18-16-10-11-17(23-15-9-7-8-14(3)12-15)24-19(16)26(25-18)21(4,5)6/h7-13H,1-6H3,(H,22,27)(H,23,24). The minimum Gasteiger partial charge on any atom is -0.348 e. The molecule has 27 heavy (non-hydrogen) atoms. The Morgan fingerprint density at radius 2 is 1.89 bits per heavy atom. The zero-order valence-electron chi connectivity index (χ0n) is 16.8. The van der Waals surface area contributed by atoms with E-state index in [1.165, 1.54) is 5.56 Å². The Balaban J connectivity index is 2.07. The van der Waals surface area contributed by atoms with Gasteiger partial charge in [0.1, 0.15) is 5.82 Å². The van der Waals surface area contributed by atoms with E-state index in [4.69, 9.17) is 4.98 Å². The summed E-state index contributed by atoms with van der Waals surface area (Å²) in [6.45, 7) is 12.1. The first-order valence-corrected chi connectivity index (χ1v) is 9.20. The number of aryl methyl sites for hydroxylation is 1. The molecule has 0 aliphatic carbocycles. The van der Waals surface area contributed by atoms with Crippen LogP contribution in [0.1, 0.15) is 50.7 Å². The number of carbonyl (C=O) groups is 1. The molecule has 1 aromatic carbocycles. The van der Waals surface area contributed by atoms with Crippen LogP contribution in [0.3, 0.4) is 0 Å². The molecule has 3 aromatic rings. The van der Waals surface area contributed by atoms with Gasteiger partial charge in [-0.25, -0.2) is 9.67 Å². The lowest BCUT2D eigenvalue weighted by Crippen LogP contribution is -2.31. The SMILES string of the molecule is Cc1cccc(Nc2ccc3c(C(=O)NC(C)C)nn(C(C)(C)C)c3n2)c1. The van der Waals surface area contributed by atoms with E-state index >= 15 is 0 Å². The second kappa shape index (κ2) is 7.02. The van der Waals surface area contributed by atoms with Crippen LogP contribution in [0, 0.1) is 6.92 Å². The molecule has 2 heterocycles. The van der Waals surface area contributed by atoms with Crippen molar-refractivity contribution in [3.8, 4) is 0 Å². The number of rotatable bonds is 4. The lowest BCUT2D eigenvalue weighted by atomic mass is 10.1. The van der Waals surface area contributed by atoms with Gasteiger partial charge in [0.2, 0.25) is 0 Å². The summed E-state index contributed by atoms with van der Waals surface area (Å²) in [6, 6.07) is 12.0. The molecule has 0 bridgehead atoms. The van der Waals surface area contributed by atoms with Crippen molar-refractivity contribution in [3.63, 3.8) is 0 Å². The number of anilines is 2. The molecule has 0 unspecified atom stereocenters. The summed E-state index contributed by atoms with van der Waals surface area (Å²) in [7, 11) is 0. The average Bonchev–Trinajstić information content (AvgIpc) is 2.93. The van der Waals surface area contributed by atoms with Crippen molar-refractivity contribution in [1.29, 1.82) is 0 Å². The fourth-order valence-corrected chi connectivity index (χ4v) is 2.90. The quantitative estimate of drug-likeness (QED) is 0.720. The topological polar surface area (TPSA) is 71.8 Å². The van der Waals surface area contributed by atoms with E-state index in [2.05, 4.69) is 34.8 Å². The predicted molar refractivity (Wildman–Crippen MR) is 110 cm³/mol. The third-order valence-electron chi connectivity index (χ3n) is 4.09. The maximum Gasteiger partial charge on any atom is 0.272 e. The molecule has 2 N–H and O–H groups in total. The monoisotopic (exact) mass is 365 g/mol. The first-order valence-electron chi connectivity index (χ1n) is 9.20. The molecule has 0 aliphatic rings. The molecule has 2 aromatic heterocycles. The van der Waals surface area contributed by atoms with Gasteiger partial charge in [0, 0.05) is 11.7 Å². The number of hydrogen-bond acceptors (Lipinski definition) is 4. The van der Waals surface area contributed by atoms with Gasteiger partial charge in [-0.3, -0.25) is 4.79 Å². The number of aromatic nitrogens is 3. The van der Waals surface area contributed by atoms with Crippen molar-refractivity contribution < 1.29 is 4.79 Å². The molecule has 6 nitrogen and oxygen atoms in total. The summed E-state index contributed by atoms with van der Waals surface area (Å²) < 4.78 is 1.82. The second-order valence-electron chi connectivity index (χ2n) is 8.12. The van der Waals surface area contributed by atoms with Gasteiger partial charge in [-0.1, -0.05) is 12.1 Å². The average molecular weight is 365 g/mol.